The maximum absolute atomic E-state index is 13.6. The molecule has 0 bridgehead atoms. The van der Waals surface area contributed by atoms with Crippen LogP contribution in [0.25, 0.3) is 0 Å². The lowest BCUT2D eigenvalue weighted by molar-refractivity contribution is -0.133. The fraction of sp³-hybridized carbons (Fsp3) is 0.607. The van der Waals surface area contributed by atoms with E-state index in [0.29, 0.717) is 38.4 Å². The number of carboxylic acid groups (broad SMARTS) is 1. The first-order valence-electron chi connectivity index (χ1n) is 13.0. The lowest BCUT2D eigenvalue weighted by Gasteiger charge is -2.36. The molecule has 2 fully saturated rings. The quantitative estimate of drug-likeness (QED) is 0.303. The standard InChI is InChI=1S/C28H40N2O4S/c1-20(2)11-16-28(14-7-4-8-15-28)27(34)29-23-9-5-6-10-24(23)35-26(33)22-12-17-30(18-13-22)19-21(3)25(31)32/h5-6,9-10,20,22H,3-4,7-8,11-19H2,1-2H3,(H,29,34)(H,31,32). The molecule has 1 amide bonds. The van der Waals surface area contributed by atoms with Crippen LogP contribution in [0, 0.1) is 17.3 Å². The number of nitrogens with one attached hydrogen (secondary N) is 1. The molecule has 0 spiro atoms. The third kappa shape index (κ3) is 7.68. The molecule has 0 unspecified atom stereocenters. The second kappa shape index (κ2) is 12.7. The van der Waals surface area contributed by atoms with Crippen LogP contribution in [-0.2, 0) is 14.4 Å². The number of para-hydroxylation sites is 1. The number of carbonyl (C=O) groups excluding carboxylic acids is 2. The highest BCUT2D eigenvalue weighted by Crippen LogP contribution is 2.43. The average Bonchev–Trinajstić information content (AvgIpc) is 2.84. The maximum Gasteiger partial charge on any atom is 0.332 e. The van der Waals surface area contributed by atoms with Gasteiger partial charge in [-0.3, -0.25) is 14.5 Å². The van der Waals surface area contributed by atoms with E-state index in [1.54, 1.807) is 0 Å². The van der Waals surface area contributed by atoms with Crippen molar-refractivity contribution in [3.05, 3.63) is 36.4 Å². The van der Waals surface area contributed by atoms with Crippen LogP contribution < -0.4 is 5.32 Å². The van der Waals surface area contributed by atoms with Gasteiger partial charge in [-0.15, -0.1) is 0 Å². The van der Waals surface area contributed by atoms with Crippen molar-refractivity contribution in [1.82, 2.24) is 4.90 Å². The van der Waals surface area contributed by atoms with Crippen LogP contribution in [0.4, 0.5) is 5.69 Å². The summed E-state index contributed by atoms with van der Waals surface area (Å²) in [6.45, 7) is 9.71. The van der Waals surface area contributed by atoms with E-state index in [9.17, 15) is 14.4 Å². The summed E-state index contributed by atoms with van der Waals surface area (Å²) in [6.07, 6.45) is 8.62. The van der Waals surface area contributed by atoms with E-state index >= 15 is 0 Å². The minimum Gasteiger partial charge on any atom is -0.478 e. The number of rotatable bonds is 10. The summed E-state index contributed by atoms with van der Waals surface area (Å²) in [5, 5.41) is 12.4. The molecule has 0 aromatic heterocycles. The topological polar surface area (TPSA) is 86.7 Å². The lowest BCUT2D eigenvalue weighted by Crippen LogP contribution is -2.38. The minimum atomic E-state index is -0.975. The first kappa shape index (κ1) is 27.5. The number of carboxylic acids is 1. The van der Waals surface area contributed by atoms with E-state index in [1.807, 2.05) is 29.2 Å². The van der Waals surface area contributed by atoms with E-state index in [1.165, 1.54) is 18.2 Å². The Hall–Kier alpha value is -2.12. The monoisotopic (exact) mass is 500 g/mol. The van der Waals surface area contributed by atoms with E-state index in [0.717, 1.165) is 49.1 Å². The summed E-state index contributed by atoms with van der Waals surface area (Å²) in [4.78, 5) is 40.5. The number of thioether (sulfide) groups is 1. The smallest absolute Gasteiger partial charge is 0.332 e. The van der Waals surface area contributed by atoms with E-state index < -0.39 is 5.97 Å². The van der Waals surface area contributed by atoms with Crippen molar-refractivity contribution in [2.75, 3.05) is 25.0 Å². The molecule has 0 atom stereocenters. The molecular weight excluding hydrogens is 460 g/mol. The largest absolute Gasteiger partial charge is 0.478 e. The van der Waals surface area contributed by atoms with Crippen molar-refractivity contribution >= 4 is 34.4 Å². The van der Waals surface area contributed by atoms with Gasteiger partial charge in [-0.05, 0) is 81.4 Å². The first-order valence-corrected chi connectivity index (χ1v) is 13.8. The van der Waals surface area contributed by atoms with Gasteiger partial charge < -0.3 is 10.4 Å². The van der Waals surface area contributed by atoms with Gasteiger partial charge in [0, 0.05) is 28.3 Å². The average molecular weight is 501 g/mol. The Labute approximate surface area is 213 Å². The second-order valence-corrected chi connectivity index (χ2v) is 11.7. The molecule has 3 rings (SSSR count). The Kier molecular flexibility index (Phi) is 9.99. The van der Waals surface area contributed by atoms with Gasteiger partial charge in [-0.1, -0.05) is 51.8 Å². The molecule has 1 aromatic carbocycles. The van der Waals surface area contributed by atoms with Crippen molar-refractivity contribution in [1.29, 1.82) is 0 Å². The summed E-state index contributed by atoms with van der Waals surface area (Å²) in [5.74, 6) is -0.383. The maximum atomic E-state index is 13.6. The van der Waals surface area contributed by atoms with Crippen molar-refractivity contribution < 1.29 is 19.5 Å². The number of amides is 1. The molecule has 1 heterocycles. The first-order chi connectivity index (χ1) is 16.7. The lowest BCUT2D eigenvalue weighted by atomic mass is 9.69. The Morgan fingerprint density at radius 3 is 2.43 bits per heavy atom. The van der Waals surface area contributed by atoms with Crippen LogP contribution in [-0.4, -0.2) is 46.6 Å². The van der Waals surface area contributed by atoms with Crippen molar-refractivity contribution in [3.8, 4) is 0 Å². The number of hydrogen-bond donors (Lipinski definition) is 2. The molecule has 1 aliphatic heterocycles. The van der Waals surface area contributed by atoms with Crippen LogP contribution in [0.3, 0.4) is 0 Å². The Morgan fingerprint density at radius 1 is 1.14 bits per heavy atom. The molecule has 1 saturated carbocycles. The summed E-state index contributed by atoms with van der Waals surface area (Å²) < 4.78 is 0. The molecule has 1 aliphatic carbocycles. The second-order valence-electron chi connectivity index (χ2n) is 10.6. The number of aliphatic carboxylic acids is 1. The van der Waals surface area contributed by atoms with Crippen LogP contribution in [0.1, 0.15) is 71.6 Å². The molecule has 7 heteroatoms. The van der Waals surface area contributed by atoms with E-state index in [4.69, 9.17) is 5.11 Å². The predicted octanol–water partition coefficient (Wildman–Crippen LogP) is 5.98. The van der Waals surface area contributed by atoms with Crippen LogP contribution in [0.2, 0.25) is 0 Å². The van der Waals surface area contributed by atoms with Crippen molar-refractivity contribution in [2.24, 2.45) is 17.3 Å². The molecular formula is C28H40N2O4S. The van der Waals surface area contributed by atoms with Gasteiger partial charge in [0.15, 0.2) is 5.12 Å². The highest BCUT2D eigenvalue weighted by atomic mass is 32.2. The Morgan fingerprint density at radius 2 is 1.80 bits per heavy atom. The number of likely N-dealkylation sites (tertiary alicyclic amines) is 1. The highest BCUT2D eigenvalue weighted by Gasteiger charge is 2.39. The third-order valence-electron chi connectivity index (χ3n) is 7.48. The number of anilines is 1. The van der Waals surface area contributed by atoms with Crippen LogP contribution >= 0.6 is 11.8 Å². The summed E-state index contributed by atoms with van der Waals surface area (Å²) in [5.41, 5.74) is 0.593. The summed E-state index contributed by atoms with van der Waals surface area (Å²) in [7, 11) is 0. The van der Waals surface area contributed by atoms with Gasteiger partial charge >= 0.3 is 5.97 Å². The van der Waals surface area contributed by atoms with Gasteiger partial charge in [0.25, 0.3) is 0 Å². The number of nitrogens with zero attached hydrogens (tertiary/aromatic N) is 1. The molecule has 6 nitrogen and oxygen atoms in total. The summed E-state index contributed by atoms with van der Waals surface area (Å²) >= 11 is 1.22. The molecule has 192 valence electrons. The SMILES string of the molecule is C=C(CN1CCC(C(=O)Sc2ccccc2NC(=O)C2(CCC(C)C)CCCCC2)CC1)C(=O)O. The predicted molar refractivity (Wildman–Crippen MR) is 141 cm³/mol. The summed E-state index contributed by atoms with van der Waals surface area (Å²) in [6, 6.07) is 7.61. The fourth-order valence-corrected chi connectivity index (χ4v) is 6.15. The van der Waals surface area contributed by atoms with Gasteiger partial charge in [-0.25, -0.2) is 4.79 Å². The number of benzene rings is 1. The number of carbonyl (C=O) groups is 3. The minimum absolute atomic E-state index is 0.0752. The van der Waals surface area contributed by atoms with E-state index in [2.05, 4.69) is 25.7 Å². The zero-order valence-electron chi connectivity index (χ0n) is 21.2. The number of piperidine rings is 1. The normalized spacial score (nSPS) is 18.8. The third-order valence-corrected chi connectivity index (χ3v) is 8.59. The van der Waals surface area contributed by atoms with Gasteiger partial charge in [0.1, 0.15) is 0 Å². The zero-order valence-corrected chi connectivity index (χ0v) is 22.0. The fourth-order valence-electron chi connectivity index (χ4n) is 5.15. The van der Waals surface area contributed by atoms with Crippen molar-refractivity contribution in [2.45, 2.75) is 76.5 Å². The van der Waals surface area contributed by atoms with E-state index in [-0.39, 0.29) is 27.9 Å². The molecule has 2 N–H and O–H groups in total. The zero-order chi connectivity index (χ0) is 25.4. The van der Waals surface area contributed by atoms with Crippen LogP contribution in [0.15, 0.2) is 41.3 Å². The number of hydrogen-bond acceptors (Lipinski definition) is 5. The molecule has 2 aliphatic rings. The van der Waals surface area contributed by atoms with Gasteiger partial charge in [0.2, 0.25) is 5.91 Å². The highest BCUT2D eigenvalue weighted by molar-refractivity contribution is 8.13. The Balaban J connectivity index is 1.61. The van der Waals surface area contributed by atoms with Crippen LogP contribution in [0.5, 0.6) is 0 Å². The van der Waals surface area contributed by atoms with Gasteiger partial charge in [-0.2, -0.15) is 0 Å². The molecule has 35 heavy (non-hydrogen) atoms. The Bertz CT molecular complexity index is 915. The molecule has 0 radical (unpaired) electrons. The van der Waals surface area contributed by atoms with Gasteiger partial charge in [0.05, 0.1) is 5.69 Å². The van der Waals surface area contributed by atoms with Crippen molar-refractivity contribution in [3.63, 3.8) is 0 Å². The molecule has 1 saturated heterocycles. The molecule has 1 aromatic rings.